The number of nitrogens with one attached hydrogen (secondary N) is 2. The third-order valence-electron chi connectivity index (χ3n) is 5.09. The minimum Gasteiger partial charge on any atom is -0.349 e. The molecule has 152 valence electrons. The number of aryl methyl sites for hydroxylation is 2. The van der Waals surface area contributed by atoms with Gasteiger partial charge in [0, 0.05) is 9.77 Å². The Hall–Kier alpha value is -1.77. The van der Waals surface area contributed by atoms with Crippen molar-refractivity contribution in [2.24, 2.45) is 0 Å². The van der Waals surface area contributed by atoms with Gasteiger partial charge >= 0.3 is 0 Å². The van der Waals surface area contributed by atoms with E-state index in [-0.39, 0.29) is 17.5 Å². The van der Waals surface area contributed by atoms with Crippen molar-refractivity contribution in [2.45, 2.75) is 42.9 Å². The SMILES string of the molecule is CSc1ccc(C(C)NC(=O)CSCc2nc3sc4c(c3c(=O)[nH]2)CCC4)cc1. The number of thioether (sulfide) groups is 2. The Labute approximate surface area is 182 Å². The highest BCUT2D eigenvalue weighted by atomic mass is 32.2. The molecule has 29 heavy (non-hydrogen) atoms. The van der Waals surface area contributed by atoms with Crippen LogP contribution < -0.4 is 10.9 Å². The normalized spacial score (nSPS) is 14.1. The summed E-state index contributed by atoms with van der Waals surface area (Å²) in [5, 5.41) is 3.80. The molecular formula is C21H23N3O2S3. The Morgan fingerprint density at radius 3 is 2.86 bits per heavy atom. The Morgan fingerprint density at radius 1 is 1.31 bits per heavy atom. The monoisotopic (exact) mass is 445 g/mol. The van der Waals surface area contributed by atoms with Crippen molar-refractivity contribution in [3.05, 3.63) is 56.4 Å². The highest BCUT2D eigenvalue weighted by Gasteiger charge is 2.21. The molecule has 1 atom stereocenters. The maximum Gasteiger partial charge on any atom is 0.259 e. The highest BCUT2D eigenvalue weighted by Crippen LogP contribution is 2.34. The van der Waals surface area contributed by atoms with Gasteiger partial charge in [-0.2, -0.15) is 0 Å². The van der Waals surface area contributed by atoms with Crippen molar-refractivity contribution >= 4 is 51.0 Å². The van der Waals surface area contributed by atoms with Crippen LogP contribution in [0.15, 0.2) is 34.0 Å². The minimum absolute atomic E-state index is 0.0185. The van der Waals surface area contributed by atoms with Crippen LogP contribution in [0, 0.1) is 0 Å². The van der Waals surface area contributed by atoms with E-state index < -0.39 is 0 Å². The molecule has 0 saturated carbocycles. The minimum atomic E-state index is -0.0447. The van der Waals surface area contributed by atoms with Crippen molar-refractivity contribution in [3.63, 3.8) is 0 Å². The van der Waals surface area contributed by atoms with E-state index >= 15 is 0 Å². The number of thiophene rings is 1. The van der Waals surface area contributed by atoms with Crippen LogP contribution >= 0.6 is 34.9 Å². The number of fused-ring (bicyclic) bond motifs is 3. The number of amides is 1. The largest absolute Gasteiger partial charge is 0.349 e. The standard InChI is InChI=1S/C21H23N3O2S3/c1-12(13-6-8-14(27-2)9-7-13)22-18(25)11-28-10-17-23-20(26)19-15-4-3-5-16(15)29-21(19)24-17/h6-9,12H,3-5,10-11H2,1-2H3,(H,22,25)(H,23,24,26). The molecule has 0 fully saturated rings. The first-order valence-electron chi connectivity index (χ1n) is 9.59. The molecule has 5 nitrogen and oxygen atoms in total. The maximum atomic E-state index is 12.5. The van der Waals surface area contributed by atoms with Crippen LogP contribution in [0.2, 0.25) is 0 Å². The fourth-order valence-electron chi connectivity index (χ4n) is 3.61. The quantitative estimate of drug-likeness (QED) is 0.530. The van der Waals surface area contributed by atoms with Gasteiger partial charge in [0.05, 0.1) is 22.9 Å². The number of aromatic nitrogens is 2. The summed E-state index contributed by atoms with van der Waals surface area (Å²) in [5.41, 5.74) is 2.23. The topological polar surface area (TPSA) is 74.8 Å². The van der Waals surface area contributed by atoms with E-state index in [1.54, 1.807) is 23.1 Å². The summed E-state index contributed by atoms with van der Waals surface area (Å²) in [6.45, 7) is 1.99. The lowest BCUT2D eigenvalue weighted by Gasteiger charge is -2.14. The lowest BCUT2D eigenvalue weighted by Crippen LogP contribution is -2.28. The van der Waals surface area contributed by atoms with Gasteiger partial charge in [-0.1, -0.05) is 12.1 Å². The number of H-pyrrole nitrogens is 1. The van der Waals surface area contributed by atoms with Gasteiger partial charge in [0.25, 0.3) is 5.56 Å². The maximum absolute atomic E-state index is 12.5. The van der Waals surface area contributed by atoms with Crippen LogP contribution in [0.1, 0.15) is 41.2 Å². The molecule has 0 spiro atoms. The zero-order valence-corrected chi connectivity index (χ0v) is 18.9. The molecule has 4 rings (SSSR count). The number of carbonyl (C=O) groups is 1. The van der Waals surface area contributed by atoms with Gasteiger partial charge < -0.3 is 10.3 Å². The first kappa shape index (κ1) is 20.5. The zero-order chi connectivity index (χ0) is 20.4. The van der Waals surface area contributed by atoms with Gasteiger partial charge in [0.2, 0.25) is 5.91 Å². The summed E-state index contributed by atoms with van der Waals surface area (Å²) in [7, 11) is 0. The summed E-state index contributed by atoms with van der Waals surface area (Å²) < 4.78 is 0. The van der Waals surface area contributed by atoms with Crippen molar-refractivity contribution in [1.82, 2.24) is 15.3 Å². The molecular weight excluding hydrogens is 422 g/mol. The fourth-order valence-corrected chi connectivity index (χ4v) is 6.00. The van der Waals surface area contributed by atoms with E-state index in [9.17, 15) is 9.59 Å². The Bertz CT molecular complexity index is 1090. The summed E-state index contributed by atoms with van der Waals surface area (Å²) in [4.78, 5) is 35.7. The zero-order valence-electron chi connectivity index (χ0n) is 16.4. The Kier molecular flexibility index (Phi) is 6.32. The molecule has 1 aliphatic rings. The van der Waals surface area contributed by atoms with Gasteiger partial charge in [0.1, 0.15) is 10.7 Å². The molecule has 0 aliphatic heterocycles. The number of aromatic amines is 1. The summed E-state index contributed by atoms with van der Waals surface area (Å²) >= 11 is 4.80. The summed E-state index contributed by atoms with van der Waals surface area (Å²) in [5.74, 6) is 1.46. The van der Waals surface area contributed by atoms with Crippen LogP contribution in [0.3, 0.4) is 0 Å². The average molecular weight is 446 g/mol. The van der Waals surface area contributed by atoms with E-state index in [2.05, 4.69) is 27.4 Å². The number of nitrogens with zero attached hydrogens (tertiary/aromatic N) is 1. The second-order valence-corrected chi connectivity index (χ2v) is 10.1. The first-order chi connectivity index (χ1) is 14.0. The number of rotatable bonds is 7. The number of carbonyl (C=O) groups excluding carboxylic acids is 1. The molecule has 0 saturated heterocycles. The van der Waals surface area contributed by atoms with Crippen molar-refractivity contribution in [2.75, 3.05) is 12.0 Å². The predicted molar refractivity (Wildman–Crippen MR) is 123 cm³/mol. The van der Waals surface area contributed by atoms with Crippen molar-refractivity contribution in [1.29, 1.82) is 0 Å². The van der Waals surface area contributed by atoms with Gasteiger partial charge in [0.15, 0.2) is 0 Å². The van der Waals surface area contributed by atoms with Crippen molar-refractivity contribution < 1.29 is 4.79 Å². The van der Waals surface area contributed by atoms with Crippen LogP contribution in [-0.2, 0) is 23.4 Å². The van der Waals surface area contributed by atoms with Crippen molar-refractivity contribution in [3.8, 4) is 0 Å². The second-order valence-electron chi connectivity index (χ2n) is 7.11. The molecule has 1 unspecified atom stereocenters. The molecule has 0 radical (unpaired) electrons. The first-order valence-corrected chi connectivity index (χ1v) is 12.8. The van der Waals surface area contributed by atoms with E-state index in [4.69, 9.17) is 0 Å². The molecule has 0 bridgehead atoms. The van der Waals surface area contributed by atoms with Crippen LogP contribution in [-0.4, -0.2) is 27.9 Å². The van der Waals surface area contributed by atoms with E-state index in [0.717, 1.165) is 35.0 Å². The van der Waals surface area contributed by atoms with Gasteiger partial charge in [-0.3, -0.25) is 9.59 Å². The van der Waals surface area contributed by atoms with Gasteiger partial charge in [-0.05, 0) is 55.7 Å². The third kappa shape index (κ3) is 4.54. The average Bonchev–Trinajstić information content (AvgIpc) is 3.28. The predicted octanol–water partition coefficient (Wildman–Crippen LogP) is 4.31. The summed E-state index contributed by atoms with van der Waals surface area (Å²) in [6, 6.07) is 8.19. The van der Waals surface area contributed by atoms with Gasteiger partial charge in [-0.25, -0.2) is 4.98 Å². The second kappa shape index (κ2) is 8.93. The molecule has 2 heterocycles. The summed E-state index contributed by atoms with van der Waals surface area (Å²) in [6.07, 6.45) is 5.21. The molecule has 8 heteroatoms. The smallest absolute Gasteiger partial charge is 0.259 e. The number of benzene rings is 1. The Morgan fingerprint density at radius 2 is 2.10 bits per heavy atom. The van der Waals surface area contributed by atoms with E-state index in [1.165, 1.54) is 27.1 Å². The van der Waals surface area contributed by atoms with Crippen LogP contribution in [0.4, 0.5) is 0 Å². The van der Waals surface area contributed by atoms with Gasteiger partial charge in [-0.15, -0.1) is 34.9 Å². The number of hydrogen-bond donors (Lipinski definition) is 2. The molecule has 2 aromatic heterocycles. The Balaban J connectivity index is 1.32. The highest BCUT2D eigenvalue weighted by molar-refractivity contribution is 7.99. The molecule has 3 aromatic rings. The lowest BCUT2D eigenvalue weighted by molar-refractivity contribution is -0.119. The van der Waals surface area contributed by atoms with E-state index in [0.29, 0.717) is 17.3 Å². The fraction of sp³-hybridized carbons (Fsp3) is 0.381. The molecule has 2 N–H and O–H groups in total. The van der Waals surface area contributed by atoms with E-state index in [1.807, 2.05) is 25.3 Å². The lowest BCUT2D eigenvalue weighted by atomic mass is 10.1. The third-order valence-corrected chi connectivity index (χ3v) is 7.96. The molecule has 1 amide bonds. The molecule has 1 aromatic carbocycles. The van der Waals surface area contributed by atoms with Crippen LogP contribution in [0.25, 0.3) is 10.2 Å². The molecule has 1 aliphatic carbocycles. The van der Waals surface area contributed by atoms with Crippen LogP contribution in [0.5, 0.6) is 0 Å². The number of hydrogen-bond acceptors (Lipinski definition) is 6.